The van der Waals surface area contributed by atoms with Gasteiger partial charge in [0.15, 0.2) is 0 Å². The molecular formula is C14H24N2O3S. The average molecular weight is 300 g/mol. The molecule has 1 aromatic rings. The van der Waals surface area contributed by atoms with Crippen LogP contribution in [0.4, 0.5) is 5.69 Å². The first-order valence-electron chi connectivity index (χ1n) is 6.76. The number of ether oxygens (including phenoxy) is 1. The Morgan fingerprint density at radius 1 is 1.35 bits per heavy atom. The fourth-order valence-corrected chi connectivity index (χ4v) is 3.46. The van der Waals surface area contributed by atoms with Gasteiger partial charge >= 0.3 is 0 Å². The number of sulfonamides is 1. The van der Waals surface area contributed by atoms with E-state index in [1.54, 1.807) is 6.07 Å². The van der Waals surface area contributed by atoms with Gasteiger partial charge in [0.25, 0.3) is 0 Å². The van der Waals surface area contributed by atoms with E-state index in [0.717, 1.165) is 12.8 Å². The molecule has 114 valence electrons. The molecule has 0 aliphatic rings. The van der Waals surface area contributed by atoms with Gasteiger partial charge in [-0.15, -0.1) is 0 Å². The van der Waals surface area contributed by atoms with Crippen LogP contribution in [0.15, 0.2) is 23.1 Å². The van der Waals surface area contributed by atoms with Crippen molar-refractivity contribution in [3.63, 3.8) is 0 Å². The van der Waals surface area contributed by atoms with Gasteiger partial charge in [0.2, 0.25) is 10.0 Å². The molecule has 20 heavy (non-hydrogen) atoms. The van der Waals surface area contributed by atoms with E-state index in [1.807, 2.05) is 6.92 Å². The highest BCUT2D eigenvalue weighted by atomic mass is 32.2. The molecule has 0 fully saturated rings. The SMILES string of the molecule is CCC(C)CC(C)NS(=O)(=O)c1ccc(N)cc1OC. The lowest BCUT2D eigenvalue weighted by atomic mass is 10.0. The van der Waals surface area contributed by atoms with Gasteiger partial charge in [0.1, 0.15) is 10.6 Å². The predicted octanol–water partition coefficient (Wildman–Crippen LogP) is 2.38. The Morgan fingerprint density at radius 3 is 2.55 bits per heavy atom. The Morgan fingerprint density at radius 2 is 2.00 bits per heavy atom. The lowest BCUT2D eigenvalue weighted by molar-refractivity contribution is 0.401. The Kier molecular flexibility index (Phi) is 5.83. The molecule has 0 saturated carbocycles. The second-order valence-corrected chi connectivity index (χ2v) is 6.86. The second kappa shape index (κ2) is 6.95. The number of nitrogens with two attached hydrogens (primary N) is 1. The van der Waals surface area contributed by atoms with Crippen LogP contribution in [-0.2, 0) is 10.0 Å². The largest absolute Gasteiger partial charge is 0.495 e. The van der Waals surface area contributed by atoms with Gasteiger partial charge in [0.05, 0.1) is 7.11 Å². The summed E-state index contributed by atoms with van der Waals surface area (Å²) in [5.74, 6) is 0.731. The lowest BCUT2D eigenvalue weighted by Gasteiger charge is -2.18. The molecule has 3 N–H and O–H groups in total. The maximum Gasteiger partial charge on any atom is 0.244 e. The normalized spacial score (nSPS) is 14.8. The van der Waals surface area contributed by atoms with E-state index in [9.17, 15) is 8.42 Å². The van der Waals surface area contributed by atoms with Crippen LogP contribution in [0.2, 0.25) is 0 Å². The number of rotatable bonds is 7. The van der Waals surface area contributed by atoms with Crippen LogP contribution in [0.1, 0.15) is 33.6 Å². The molecule has 2 unspecified atom stereocenters. The van der Waals surface area contributed by atoms with Crippen LogP contribution >= 0.6 is 0 Å². The summed E-state index contributed by atoms with van der Waals surface area (Å²) in [6.07, 6.45) is 1.82. The molecule has 2 atom stereocenters. The Balaban J connectivity index is 2.94. The number of benzene rings is 1. The predicted molar refractivity (Wildman–Crippen MR) is 81.3 cm³/mol. The van der Waals surface area contributed by atoms with Crippen molar-refractivity contribution in [1.82, 2.24) is 4.72 Å². The number of nitrogen functional groups attached to an aromatic ring is 1. The first-order chi connectivity index (χ1) is 9.30. The van der Waals surface area contributed by atoms with Crippen molar-refractivity contribution in [1.29, 1.82) is 0 Å². The summed E-state index contributed by atoms with van der Waals surface area (Å²) in [5.41, 5.74) is 6.10. The van der Waals surface area contributed by atoms with E-state index in [1.165, 1.54) is 19.2 Å². The van der Waals surface area contributed by atoms with Gasteiger partial charge in [-0.1, -0.05) is 20.3 Å². The lowest BCUT2D eigenvalue weighted by Crippen LogP contribution is -2.34. The van der Waals surface area contributed by atoms with Crippen molar-refractivity contribution < 1.29 is 13.2 Å². The molecule has 0 aliphatic carbocycles. The molecule has 0 amide bonds. The number of hydrogen-bond acceptors (Lipinski definition) is 4. The maximum absolute atomic E-state index is 12.4. The molecule has 0 spiro atoms. The van der Waals surface area contributed by atoms with Gasteiger partial charge in [-0.3, -0.25) is 0 Å². The first-order valence-corrected chi connectivity index (χ1v) is 8.24. The van der Waals surface area contributed by atoms with Gasteiger partial charge in [-0.2, -0.15) is 0 Å². The molecule has 6 heteroatoms. The Hall–Kier alpha value is -1.27. The molecule has 0 aliphatic heterocycles. The van der Waals surface area contributed by atoms with Crippen LogP contribution in [-0.4, -0.2) is 21.6 Å². The molecule has 5 nitrogen and oxygen atoms in total. The number of anilines is 1. The van der Waals surface area contributed by atoms with Crippen molar-refractivity contribution in [2.75, 3.05) is 12.8 Å². The third-order valence-electron chi connectivity index (χ3n) is 3.29. The molecule has 0 bridgehead atoms. The van der Waals surface area contributed by atoms with Crippen LogP contribution in [0.3, 0.4) is 0 Å². The Labute approximate surface area is 121 Å². The molecule has 0 aromatic heterocycles. The van der Waals surface area contributed by atoms with E-state index in [4.69, 9.17) is 10.5 Å². The standard InChI is InChI=1S/C14H24N2O3S/c1-5-10(2)8-11(3)16-20(17,18)14-7-6-12(15)9-13(14)19-4/h6-7,9-11,16H,5,8,15H2,1-4H3. The minimum atomic E-state index is -3.60. The highest BCUT2D eigenvalue weighted by Gasteiger charge is 2.22. The summed E-state index contributed by atoms with van der Waals surface area (Å²) >= 11 is 0. The number of methoxy groups -OCH3 is 1. The summed E-state index contributed by atoms with van der Waals surface area (Å²) < 4.78 is 32.5. The summed E-state index contributed by atoms with van der Waals surface area (Å²) in [6.45, 7) is 6.07. The highest BCUT2D eigenvalue weighted by molar-refractivity contribution is 7.89. The first kappa shape index (κ1) is 16.8. The van der Waals surface area contributed by atoms with E-state index in [-0.39, 0.29) is 16.7 Å². The van der Waals surface area contributed by atoms with Gasteiger partial charge in [-0.25, -0.2) is 13.1 Å². The van der Waals surface area contributed by atoms with Gasteiger partial charge in [0, 0.05) is 17.8 Å². The smallest absolute Gasteiger partial charge is 0.244 e. The monoisotopic (exact) mass is 300 g/mol. The van der Waals surface area contributed by atoms with Crippen molar-refractivity contribution in [3.05, 3.63) is 18.2 Å². The quantitative estimate of drug-likeness (QED) is 0.758. The van der Waals surface area contributed by atoms with E-state index < -0.39 is 10.0 Å². The van der Waals surface area contributed by atoms with Crippen LogP contribution < -0.4 is 15.2 Å². The fraction of sp³-hybridized carbons (Fsp3) is 0.571. The highest BCUT2D eigenvalue weighted by Crippen LogP contribution is 2.26. The topological polar surface area (TPSA) is 81.4 Å². The van der Waals surface area contributed by atoms with E-state index >= 15 is 0 Å². The minimum Gasteiger partial charge on any atom is -0.495 e. The van der Waals surface area contributed by atoms with Crippen molar-refractivity contribution >= 4 is 15.7 Å². The summed E-state index contributed by atoms with van der Waals surface area (Å²) in [6, 6.07) is 4.40. The molecule has 1 rings (SSSR count). The zero-order valence-electron chi connectivity index (χ0n) is 12.5. The summed E-state index contributed by atoms with van der Waals surface area (Å²) in [7, 11) is -2.18. The second-order valence-electron chi connectivity index (χ2n) is 5.18. The van der Waals surface area contributed by atoms with Crippen LogP contribution in [0, 0.1) is 5.92 Å². The zero-order valence-corrected chi connectivity index (χ0v) is 13.3. The molecule has 0 heterocycles. The van der Waals surface area contributed by atoms with Crippen LogP contribution in [0.25, 0.3) is 0 Å². The third-order valence-corrected chi connectivity index (χ3v) is 4.92. The van der Waals surface area contributed by atoms with E-state index in [0.29, 0.717) is 11.6 Å². The minimum absolute atomic E-state index is 0.116. The molecule has 1 aromatic carbocycles. The number of hydrogen-bond donors (Lipinski definition) is 2. The summed E-state index contributed by atoms with van der Waals surface area (Å²) in [4.78, 5) is 0.116. The Bertz CT molecular complexity index is 543. The van der Waals surface area contributed by atoms with Crippen molar-refractivity contribution in [2.24, 2.45) is 5.92 Å². The molecule has 0 radical (unpaired) electrons. The van der Waals surface area contributed by atoms with Crippen LogP contribution in [0.5, 0.6) is 5.75 Å². The molecule has 0 saturated heterocycles. The fourth-order valence-electron chi connectivity index (χ4n) is 2.05. The zero-order chi connectivity index (χ0) is 15.3. The van der Waals surface area contributed by atoms with Crippen molar-refractivity contribution in [3.8, 4) is 5.75 Å². The maximum atomic E-state index is 12.4. The molecular weight excluding hydrogens is 276 g/mol. The van der Waals surface area contributed by atoms with Gasteiger partial charge < -0.3 is 10.5 Å². The van der Waals surface area contributed by atoms with Gasteiger partial charge in [-0.05, 0) is 31.4 Å². The average Bonchev–Trinajstić information content (AvgIpc) is 2.37. The van der Waals surface area contributed by atoms with Crippen molar-refractivity contribution in [2.45, 2.75) is 44.6 Å². The third kappa shape index (κ3) is 4.38. The van der Waals surface area contributed by atoms with E-state index in [2.05, 4.69) is 18.6 Å². The summed E-state index contributed by atoms with van der Waals surface area (Å²) in [5, 5.41) is 0. The number of nitrogens with one attached hydrogen (secondary N) is 1.